The van der Waals surface area contributed by atoms with E-state index in [0.717, 1.165) is 25.8 Å². The summed E-state index contributed by atoms with van der Waals surface area (Å²) in [5.41, 5.74) is 0. The fraction of sp³-hybridized carbons (Fsp3) is 0.750. The number of amides is 1. The Morgan fingerprint density at radius 3 is 3.06 bits per heavy atom. The van der Waals surface area contributed by atoms with Crippen LogP contribution in [0.15, 0.2) is 12.7 Å². The minimum Gasteiger partial charge on any atom is -0.396 e. The van der Waals surface area contributed by atoms with Gasteiger partial charge in [-0.1, -0.05) is 6.08 Å². The van der Waals surface area contributed by atoms with Crippen molar-refractivity contribution in [3.63, 3.8) is 0 Å². The fourth-order valence-electron chi connectivity index (χ4n) is 2.16. The lowest BCUT2D eigenvalue weighted by Gasteiger charge is -2.35. The van der Waals surface area contributed by atoms with Gasteiger partial charge in [-0.2, -0.15) is 0 Å². The number of aliphatic hydroxyl groups excluding tert-OH is 1. The highest BCUT2D eigenvalue weighted by Gasteiger charge is 2.25. The molecule has 2 N–H and O–H groups in total. The molecule has 1 atom stereocenters. The molecule has 0 radical (unpaired) electrons. The Hall–Kier alpha value is -0.870. The fourth-order valence-corrected chi connectivity index (χ4v) is 2.16. The smallest absolute Gasteiger partial charge is 0.236 e. The van der Waals surface area contributed by atoms with Crippen LogP contribution in [0.5, 0.6) is 0 Å². The summed E-state index contributed by atoms with van der Waals surface area (Å²) in [5.74, 6) is 0.139. The van der Waals surface area contributed by atoms with E-state index in [1.165, 1.54) is 0 Å². The largest absolute Gasteiger partial charge is 0.396 e. The molecule has 0 spiro atoms. The highest BCUT2D eigenvalue weighted by Crippen LogP contribution is 2.19. The topological polar surface area (TPSA) is 52.6 Å². The summed E-state index contributed by atoms with van der Waals surface area (Å²) in [6, 6.07) is 0.233. The lowest BCUT2D eigenvalue weighted by molar-refractivity contribution is -0.134. The van der Waals surface area contributed by atoms with Gasteiger partial charge in [0.05, 0.1) is 6.54 Å². The van der Waals surface area contributed by atoms with Crippen LogP contribution in [0.25, 0.3) is 0 Å². The molecular formula is C12H22N2O2. The third-order valence-electron chi connectivity index (χ3n) is 2.97. The van der Waals surface area contributed by atoms with Gasteiger partial charge in [0.2, 0.25) is 5.91 Å². The minimum atomic E-state index is 0.139. The van der Waals surface area contributed by atoms with Gasteiger partial charge in [-0.3, -0.25) is 4.79 Å². The summed E-state index contributed by atoms with van der Waals surface area (Å²) in [4.78, 5) is 13.8. The molecule has 1 aliphatic rings. The molecular weight excluding hydrogens is 204 g/mol. The second-order valence-corrected chi connectivity index (χ2v) is 4.17. The summed E-state index contributed by atoms with van der Waals surface area (Å²) in [7, 11) is 0. The van der Waals surface area contributed by atoms with Gasteiger partial charge in [0.15, 0.2) is 0 Å². The first-order chi connectivity index (χ1) is 7.79. The SMILES string of the molecule is C=CCNCC(=O)N1CCCCC1CCO. The van der Waals surface area contributed by atoms with E-state index >= 15 is 0 Å². The van der Waals surface area contributed by atoms with Crippen molar-refractivity contribution in [2.24, 2.45) is 0 Å². The van der Waals surface area contributed by atoms with E-state index in [4.69, 9.17) is 5.11 Å². The average Bonchev–Trinajstić information content (AvgIpc) is 2.30. The first-order valence-corrected chi connectivity index (χ1v) is 6.01. The highest BCUT2D eigenvalue weighted by molar-refractivity contribution is 5.78. The first-order valence-electron chi connectivity index (χ1n) is 6.01. The van der Waals surface area contributed by atoms with E-state index in [1.807, 2.05) is 4.90 Å². The van der Waals surface area contributed by atoms with Crippen LogP contribution in [0.1, 0.15) is 25.7 Å². The third-order valence-corrected chi connectivity index (χ3v) is 2.97. The molecule has 0 aliphatic carbocycles. The average molecular weight is 226 g/mol. The van der Waals surface area contributed by atoms with Crippen LogP contribution in [0, 0.1) is 0 Å². The van der Waals surface area contributed by atoms with Gasteiger partial charge in [-0.25, -0.2) is 0 Å². The Labute approximate surface area is 97.3 Å². The molecule has 4 heteroatoms. The van der Waals surface area contributed by atoms with Gasteiger partial charge in [0.25, 0.3) is 0 Å². The third kappa shape index (κ3) is 3.94. The number of nitrogens with one attached hydrogen (secondary N) is 1. The summed E-state index contributed by atoms with van der Waals surface area (Å²) >= 11 is 0. The highest BCUT2D eigenvalue weighted by atomic mass is 16.3. The van der Waals surface area contributed by atoms with Crippen LogP contribution >= 0.6 is 0 Å². The van der Waals surface area contributed by atoms with E-state index in [2.05, 4.69) is 11.9 Å². The molecule has 0 aromatic rings. The molecule has 0 bridgehead atoms. The van der Waals surface area contributed by atoms with Gasteiger partial charge >= 0.3 is 0 Å². The van der Waals surface area contributed by atoms with Crippen molar-refractivity contribution in [2.75, 3.05) is 26.2 Å². The number of piperidine rings is 1. The first kappa shape index (κ1) is 13.2. The Morgan fingerprint density at radius 1 is 1.56 bits per heavy atom. The van der Waals surface area contributed by atoms with Crippen molar-refractivity contribution in [1.82, 2.24) is 10.2 Å². The van der Waals surface area contributed by atoms with Crippen molar-refractivity contribution in [2.45, 2.75) is 31.7 Å². The second kappa shape index (κ2) is 7.41. The molecule has 92 valence electrons. The van der Waals surface area contributed by atoms with E-state index in [9.17, 15) is 4.79 Å². The number of carbonyl (C=O) groups is 1. The summed E-state index contributed by atoms with van der Waals surface area (Å²) in [5, 5.41) is 12.0. The van der Waals surface area contributed by atoms with E-state index in [0.29, 0.717) is 19.5 Å². The lowest BCUT2D eigenvalue weighted by Crippen LogP contribution is -2.47. The predicted molar refractivity (Wildman–Crippen MR) is 64.1 cm³/mol. The quantitative estimate of drug-likeness (QED) is 0.513. The Bertz CT molecular complexity index is 229. The maximum Gasteiger partial charge on any atom is 0.236 e. The molecule has 1 saturated heterocycles. The maximum absolute atomic E-state index is 11.9. The molecule has 1 amide bonds. The van der Waals surface area contributed by atoms with Gasteiger partial charge in [-0.05, 0) is 25.7 Å². The lowest BCUT2D eigenvalue weighted by atomic mass is 9.99. The molecule has 1 heterocycles. The molecule has 1 fully saturated rings. The van der Waals surface area contributed by atoms with Gasteiger partial charge in [0.1, 0.15) is 0 Å². The molecule has 0 aromatic carbocycles. The monoisotopic (exact) mass is 226 g/mol. The van der Waals surface area contributed by atoms with Crippen LogP contribution in [0.4, 0.5) is 0 Å². The zero-order valence-corrected chi connectivity index (χ0v) is 9.82. The summed E-state index contributed by atoms with van der Waals surface area (Å²) in [6.07, 6.45) is 5.71. The van der Waals surface area contributed by atoms with Crippen molar-refractivity contribution >= 4 is 5.91 Å². The van der Waals surface area contributed by atoms with Gasteiger partial charge in [0, 0.05) is 25.7 Å². The number of hydrogen-bond donors (Lipinski definition) is 2. The van der Waals surface area contributed by atoms with E-state index in [-0.39, 0.29) is 18.6 Å². The zero-order valence-electron chi connectivity index (χ0n) is 9.82. The Balaban J connectivity index is 2.40. The summed E-state index contributed by atoms with van der Waals surface area (Å²) < 4.78 is 0. The predicted octanol–water partition coefficient (Wildman–Crippen LogP) is 0.525. The van der Waals surface area contributed by atoms with Crippen LogP contribution in [0.3, 0.4) is 0 Å². The molecule has 1 aliphatic heterocycles. The van der Waals surface area contributed by atoms with Crippen LogP contribution in [-0.2, 0) is 4.79 Å². The van der Waals surface area contributed by atoms with Gasteiger partial charge < -0.3 is 15.3 Å². The molecule has 1 unspecified atom stereocenters. The van der Waals surface area contributed by atoms with Crippen LogP contribution < -0.4 is 5.32 Å². The van der Waals surface area contributed by atoms with Crippen molar-refractivity contribution in [3.05, 3.63) is 12.7 Å². The number of rotatable bonds is 6. The summed E-state index contributed by atoms with van der Waals surface area (Å²) in [6.45, 7) is 5.61. The van der Waals surface area contributed by atoms with Crippen molar-refractivity contribution in [3.8, 4) is 0 Å². The maximum atomic E-state index is 11.9. The number of carbonyl (C=O) groups excluding carboxylic acids is 1. The number of aliphatic hydroxyl groups is 1. The number of likely N-dealkylation sites (tertiary alicyclic amines) is 1. The Kier molecular flexibility index (Phi) is 6.11. The van der Waals surface area contributed by atoms with E-state index < -0.39 is 0 Å². The molecule has 4 nitrogen and oxygen atoms in total. The van der Waals surface area contributed by atoms with E-state index in [1.54, 1.807) is 6.08 Å². The molecule has 0 aromatic heterocycles. The number of hydrogen-bond acceptors (Lipinski definition) is 3. The minimum absolute atomic E-state index is 0.139. The van der Waals surface area contributed by atoms with Crippen LogP contribution in [0.2, 0.25) is 0 Å². The second-order valence-electron chi connectivity index (χ2n) is 4.17. The molecule has 0 saturated carbocycles. The van der Waals surface area contributed by atoms with Crippen molar-refractivity contribution < 1.29 is 9.90 Å². The van der Waals surface area contributed by atoms with Crippen molar-refractivity contribution in [1.29, 1.82) is 0 Å². The molecule has 16 heavy (non-hydrogen) atoms. The van der Waals surface area contributed by atoms with Crippen LogP contribution in [-0.4, -0.2) is 48.2 Å². The zero-order chi connectivity index (χ0) is 11.8. The number of nitrogens with zero attached hydrogens (tertiary/aromatic N) is 1. The standard InChI is InChI=1S/C12H22N2O2/c1-2-7-13-10-12(16)14-8-4-3-5-11(14)6-9-15/h2,11,13,15H,1,3-10H2. The Morgan fingerprint density at radius 2 is 2.38 bits per heavy atom. The molecule has 1 rings (SSSR count). The normalized spacial score (nSPS) is 20.8. The van der Waals surface area contributed by atoms with Gasteiger partial charge in [-0.15, -0.1) is 6.58 Å².